The van der Waals surface area contributed by atoms with Crippen LogP contribution >= 0.6 is 0 Å². The van der Waals surface area contributed by atoms with Gasteiger partial charge in [0.1, 0.15) is 0 Å². The van der Waals surface area contributed by atoms with Crippen LogP contribution in [-0.4, -0.2) is 19.0 Å². The number of carbonyl (C=O) groups is 2. The van der Waals surface area contributed by atoms with Gasteiger partial charge in [-0.25, -0.2) is 4.79 Å². The first-order valence-electron chi connectivity index (χ1n) is 5.48. The van der Waals surface area contributed by atoms with Crippen molar-refractivity contribution in [1.82, 2.24) is 5.32 Å². The Labute approximate surface area is 102 Å². The molecule has 0 heterocycles. The predicted molar refractivity (Wildman–Crippen MR) is 70.2 cm³/mol. The first kappa shape index (κ1) is 15.0. The second-order valence-corrected chi connectivity index (χ2v) is 2.96. The third-order valence-electron chi connectivity index (χ3n) is 1.69. The fourth-order valence-corrected chi connectivity index (χ4v) is 1.03. The van der Waals surface area contributed by atoms with E-state index in [4.69, 9.17) is 0 Å². The van der Waals surface area contributed by atoms with Gasteiger partial charge in [0.05, 0.1) is 0 Å². The zero-order chi connectivity index (χ0) is 13.3. The molecule has 1 rings (SSSR count). The van der Waals surface area contributed by atoms with Crippen molar-refractivity contribution in [2.24, 2.45) is 0 Å². The number of hydrogen-bond acceptors (Lipinski definition) is 2. The molecule has 0 radical (unpaired) electrons. The van der Waals surface area contributed by atoms with Crippen LogP contribution in [0.1, 0.15) is 20.8 Å². The van der Waals surface area contributed by atoms with Gasteiger partial charge in [0.15, 0.2) is 0 Å². The van der Waals surface area contributed by atoms with Crippen LogP contribution in [0.15, 0.2) is 24.3 Å². The Hall–Kier alpha value is -2.04. The predicted octanol–water partition coefficient (Wildman–Crippen LogP) is 2.42. The topological polar surface area (TPSA) is 70.2 Å². The number of nitrogens with one attached hydrogen (secondary N) is 3. The molecule has 0 aliphatic heterocycles. The minimum atomic E-state index is -0.276. The highest BCUT2D eigenvalue weighted by Gasteiger charge is 1.99. The minimum absolute atomic E-state index is 0.123. The van der Waals surface area contributed by atoms with Crippen LogP contribution in [-0.2, 0) is 4.79 Å². The fraction of sp³-hybridized carbons (Fsp3) is 0.333. The van der Waals surface area contributed by atoms with Crippen LogP contribution in [0.5, 0.6) is 0 Å². The summed E-state index contributed by atoms with van der Waals surface area (Å²) in [6.07, 6.45) is 0. The summed E-state index contributed by atoms with van der Waals surface area (Å²) >= 11 is 0. The molecule has 0 atom stereocenters. The van der Waals surface area contributed by atoms with E-state index < -0.39 is 0 Å². The molecule has 5 nitrogen and oxygen atoms in total. The monoisotopic (exact) mass is 237 g/mol. The van der Waals surface area contributed by atoms with Crippen molar-refractivity contribution in [3.8, 4) is 0 Å². The van der Waals surface area contributed by atoms with Crippen LogP contribution < -0.4 is 16.0 Å². The summed E-state index contributed by atoms with van der Waals surface area (Å²) in [7, 11) is 1.54. The van der Waals surface area contributed by atoms with Gasteiger partial charge in [0, 0.05) is 25.3 Å². The van der Waals surface area contributed by atoms with E-state index in [1.807, 2.05) is 13.8 Å². The lowest BCUT2D eigenvalue weighted by Gasteiger charge is -2.05. The number of benzene rings is 1. The zero-order valence-corrected chi connectivity index (χ0v) is 10.6. The highest BCUT2D eigenvalue weighted by atomic mass is 16.2. The van der Waals surface area contributed by atoms with Gasteiger partial charge in [-0.05, 0) is 24.3 Å². The van der Waals surface area contributed by atoms with E-state index in [0.717, 1.165) is 0 Å². The maximum atomic E-state index is 11.0. The van der Waals surface area contributed by atoms with Crippen molar-refractivity contribution in [2.45, 2.75) is 20.8 Å². The molecule has 0 aliphatic carbocycles. The van der Waals surface area contributed by atoms with Gasteiger partial charge in [-0.1, -0.05) is 13.8 Å². The van der Waals surface area contributed by atoms with Crippen LogP contribution in [0.3, 0.4) is 0 Å². The molecule has 1 aromatic rings. The first-order valence-corrected chi connectivity index (χ1v) is 5.48. The molecule has 5 heteroatoms. The van der Waals surface area contributed by atoms with E-state index in [1.165, 1.54) is 6.92 Å². The fourth-order valence-electron chi connectivity index (χ4n) is 1.03. The second-order valence-electron chi connectivity index (χ2n) is 2.96. The standard InChI is InChI=1S/C10H13N3O2.C2H6/c1-7(14)12-8-3-5-9(6-4-8)13-10(15)11-2;1-2/h3-6H,1-2H3,(H,12,14)(H2,11,13,15);1-2H3. The molecular weight excluding hydrogens is 218 g/mol. The normalized spacial score (nSPS) is 8.47. The molecule has 0 bridgehead atoms. The van der Waals surface area contributed by atoms with E-state index in [9.17, 15) is 9.59 Å². The van der Waals surface area contributed by atoms with Crippen LogP contribution in [0.2, 0.25) is 0 Å². The van der Waals surface area contributed by atoms with E-state index in [1.54, 1.807) is 31.3 Å². The van der Waals surface area contributed by atoms with Crippen molar-refractivity contribution >= 4 is 23.3 Å². The Bertz CT molecular complexity index is 361. The SMILES string of the molecule is CC.CNC(=O)Nc1ccc(NC(C)=O)cc1. The summed E-state index contributed by atoms with van der Waals surface area (Å²) in [5, 5.41) is 7.68. The maximum absolute atomic E-state index is 11.0. The van der Waals surface area contributed by atoms with Gasteiger partial charge >= 0.3 is 6.03 Å². The number of carbonyl (C=O) groups excluding carboxylic acids is 2. The van der Waals surface area contributed by atoms with Gasteiger partial charge in [0.25, 0.3) is 0 Å². The average molecular weight is 237 g/mol. The van der Waals surface area contributed by atoms with Gasteiger partial charge < -0.3 is 16.0 Å². The third-order valence-corrected chi connectivity index (χ3v) is 1.69. The summed E-state index contributed by atoms with van der Waals surface area (Å²) in [6, 6.07) is 6.57. The zero-order valence-electron chi connectivity index (χ0n) is 10.6. The number of anilines is 2. The molecule has 3 N–H and O–H groups in total. The van der Waals surface area contributed by atoms with Crippen LogP contribution in [0, 0.1) is 0 Å². The maximum Gasteiger partial charge on any atom is 0.318 e. The molecule has 3 amide bonds. The van der Waals surface area contributed by atoms with E-state index in [0.29, 0.717) is 11.4 Å². The number of rotatable bonds is 2. The molecule has 0 aromatic heterocycles. The minimum Gasteiger partial charge on any atom is -0.341 e. The van der Waals surface area contributed by atoms with E-state index in [2.05, 4.69) is 16.0 Å². The molecular formula is C12H19N3O2. The number of amides is 3. The Kier molecular flexibility index (Phi) is 7.17. The molecule has 0 saturated carbocycles. The Morgan fingerprint density at radius 3 is 1.71 bits per heavy atom. The van der Waals surface area contributed by atoms with Crippen LogP contribution in [0.25, 0.3) is 0 Å². The van der Waals surface area contributed by atoms with E-state index in [-0.39, 0.29) is 11.9 Å². The molecule has 94 valence electrons. The summed E-state index contributed by atoms with van der Waals surface area (Å²) in [5.41, 5.74) is 1.37. The van der Waals surface area contributed by atoms with Gasteiger partial charge in [-0.2, -0.15) is 0 Å². The molecule has 0 unspecified atom stereocenters. The molecule has 17 heavy (non-hydrogen) atoms. The van der Waals surface area contributed by atoms with Gasteiger partial charge in [-0.3, -0.25) is 4.79 Å². The third kappa shape index (κ3) is 6.19. The number of hydrogen-bond donors (Lipinski definition) is 3. The Balaban J connectivity index is 0.00000121. The summed E-state index contributed by atoms with van der Waals surface area (Å²) < 4.78 is 0. The molecule has 1 aromatic carbocycles. The Morgan fingerprint density at radius 2 is 1.35 bits per heavy atom. The summed E-state index contributed by atoms with van der Waals surface area (Å²) in [6.45, 7) is 5.44. The van der Waals surface area contributed by atoms with Gasteiger partial charge in [-0.15, -0.1) is 0 Å². The van der Waals surface area contributed by atoms with Crippen molar-refractivity contribution < 1.29 is 9.59 Å². The van der Waals surface area contributed by atoms with Gasteiger partial charge in [0.2, 0.25) is 5.91 Å². The molecule has 0 spiro atoms. The lowest BCUT2D eigenvalue weighted by atomic mass is 10.3. The quantitative estimate of drug-likeness (QED) is 0.739. The first-order chi connectivity index (χ1) is 8.11. The highest BCUT2D eigenvalue weighted by molar-refractivity contribution is 5.91. The van der Waals surface area contributed by atoms with Crippen molar-refractivity contribution in [3.63, 3.8) is 0 Å². The lowest BCUT2D eigenvalue weighted by molar-refractivity contribution is -0.114. The number of urea groups is 1. The highest BCUT2D eigenvalue weighted by Crippen LogP contribution is 2.13. The average Bonchev–Trinajstić information content (AvgIpc) is 2.33. The molecule has 0 aliphatic rings. The van der Waals surface area contributed by atoms with Crippen molar-refractivity contribution in [1.29, 1.82) is 0 Å². The second kappa shape index (κ2) is 8.15. The lowest BCUT2D eigenvalue weighted by Crippen LogP contribution is -2.24. The van der Waals surface area contributed by atoms with E-state index >= 15 is 0 Å². The smallest absolute Gasteiger partial charge is 0.318 e. The largest absolute Gasteiger partial charge is 0.341 e. The Morgan fingerprint density at radius 1 is 0.941 bits per heavy atom. The molecule has 0 saturated heterocycles. The summed E-state index contributed by atoms with van der Waals surface area (Å²) in [4.78, 5) is 21.7. The van der Waals surface area contributed by atoms with Crippen LogP contribution in [0.4, 0.5) is 16.2 Å². The summed E-state index contributed by atoms with van der Waals surface area (Å²) in [5.74, 6) is -0.123. The van der Waals surface area contributed by atoms with Crippen molar-refractivity contribution in [2.75, 3.05) is 17.7 Å². The molecule has 0 fully saturated rings. The van der Waals surface area contributed by atoms with Crippen molar-refractivity contribution in [3.05, 3.63) is 24.3 Å².